The van der Waals surface area contributed by atoms with Crippen LogP contribution in [0.25, 0.3) is 0 Å². The minimum atomic E-state index is 0.124. The third kappa shape index (κ3) is 2.83. The number of guanidine groups is 1. The van der Waals surface area contributed by atoms with E-state index in [9.17, 15) is 0 Å². The van der Waals surface area contributed by atoms with Crippen molar-refractivity contribution in [3.8, 4) is 5.75 Å². The number of hydrogen-bond donors (Lipinski definition) is 2. The first-order chi connectivity index (χ1) is 9.33. The summed E-state index contributed by atoms with van der Waals surface area (Å²) in [7, 11) is 0. The second kappa shape index (κ2) is 5.51. The number of ether oxygens (including phenoxy) is 1. The lowest BCUT2D eigenvalue weighted by atomic mass is 10.0. The maximum atomic E-state index is 6.04. The van der Waals surface area contributed by atoms with Gasteiger partial charge in [-0.1, -0.05) is 31.0 Å². The largest absolute Gasteiger partial charge is 0.493 e. The Morgan fingerprint density at radius 1 is 1.21 bits per heavy atom. The molecule has 102 valence electrons. The van der Waals surface area contributed by atoms with Crippen molar-refractivity contribution < 1.29 is 4.74 Å². The van der Waals surface area contributed by atoms with Gasteiger partial charge in [0, 0.05) is 18.0 Å². The minimum Gasteiger partial charge on any atom is -0.493 e. The van der Waals surface area contributed by atoms with Crippen LogP contribution in [0.2, 0.25) is 0 Å². The summed E-state index contributed by atoms with van der Waals surface area (Å²) in [5, 5.41) is 3.34. The molecule has 1 saturated carbocycles. The van der Waals surface area contributed by atoms with Crippen molar-refractivity contribution in [3.63, 3.8) is 0 Å². The number of nitrogens with zero attached hydrogens (tertiary/aromatic N) is 1. The molecule has 0 saturated heterocycles. The van der Waals surface area contributed by atoms with Crippen LogP contribution in [0.5, 0.6) is 5.75 Å². The Bertz CT molecular complexity index is 466. The molecule has 1 fully saturated rings. The summed E-state index contributed by atoms with van der Waals surface area (Å²) in [6, 6.07) is 8.72. The van der Waals surface area contributed by atoms with Crippen molar-refractivity contribution in [3.05, 3.63) is 29.8 Å². The molecule has 0 bridgehead atoms. The molecular formula is C15H21N3O. The van der Waals surface area contributed by atoms with E-state index >= 15 is 0 Å². The van der Waals surface area contributed by atoms with E-state index in [2.05, 4.69) is 16.4 Å². The maximum Gasteiger partial charge on any atom is 0.189 e. The SMILES string of the molecule is NC(=NC1CCOc2ccccc21)NC1CCCC1. The highest BCUT2D eigenvalue weighted by Gasteiger charge is 2.21. The molecule has 4 nitrogen and oxygen atoms in total. The third-order valence-electron chi connectivity index (χ3n) is 3.93. The molecule has 1 heterocycles. The lowest BCUT2D eigenvalue weighted by molar-refractivity contribution is 0.269. The second-order valence-corrected chi connectivity index (χ2v) is 5.33. The van der Waals surface area contributed by atoms with Gasteiger partial charge in [0.25, 0.3) is 0 Å². The minimum absolute atomic E-state index is 0.124. The summed E-state index contributed by atoms with van der Waals surface area (Å²) in [5.74, 6) is 1.52. The predicted octanol–water partition coefficient (Wildman–Crippen LogP) is 2.36. The molecule has 1 aliphatic heterocycles. The normalized spacial score (nSPS) is 23.8. The average molecular weight is 259 g/mol. The van der Waals surface area contributed by atoms with Gasteiger partial charge in [-0.25, -0.2) is 4.99 Å². The molecule has 0 amide bonds. The molecule has 0 spiro atoms. The quantitative estimate of drug-likeness (QED) is 0.633. The fourth-order valence-corrected chi connectivity index (χ4v) is 2.94. The van der Waals surface area contributed by atoms with Crippen LogP contribution in [-0.2, 0) is 0 Å². The molecule has 0 aromatic heterocycles. The lowest BCUT2D eigenvalue weighted by Gasteiger charge is -2.24. The van der Waals surface area contributed by atoms with Crippen LogP contribution in [0.4, 0.5) is 0 Å². The number of benzene rings is 1. The molecule has 3 N–H and O–H groups in total. The number of fused-ring (bicyclic) bond motifs is 1. The Morgan fingerprint density at radius 2 is 2.00 bits per heavy atom. The number of nitrogens with one attached hydrogen (secondary N) is 1. The van der Waals surface area contributed by atoms with Gasteiger partial charge in [-0.15, -0.1) is 0 Å². The highest BCUT2D eigenvalue weighted by Crippen LogP contribution is 2.34. The summed E-state index contributed by atoms with van der Waals surface area (Å²) >= 11 is 0. The van der Waals surface area contributed by atoms with Crippen LogP contribution < -0.4 is 15.8 Å². The Labute approximate surface area is 114 Å². The fourth-order valence-electron chi connectivity index (χ4n) is 2.94. The Balaban J connectivity index is 1.72. The van der Waals surface area contributed by atoms with E-state index in [-0.39, 0.29) is 6.04 Å². The summed E-state index contributed by atoms with van der Waals surface area (Å²) in [4.78, 5) is 4.64. The van der Waals surface area contributed by atoms with E-state index in [1.54, 1.807) is 0 Å². The van der Waals surface area contributed by atoms with Crippen molar-refractivity contribution in [1.82, 2.24) is 5.32 Å². The van der Waals surface area contributed by atoms with Crippen LogP contribution in [0, 0.1) is 0 Å². The molecule has 1 aliphatic carbocycles. The zero-order chi connectivity index (χ0) is 13.1. The van der Waals surface area contributed by atoms with Crippen molar-refractivity contribution >= 4 is 5.96 Å². The third-order valence-corrected chi connectivity index (χ3v) is 3.93. The first-order valence-electron chi connectivity index (χ1n) is 7.14. The van der Waals surface area contributed by atoms with E-state index in [4.69, 9.17) is 10.5 Å². The van der Waals surface area contributed by atoms with Crippen LogP contribution in [0.1, 0.15) is 43.7 Å². The fraction of sp³-hybridized carbons (Fsp3) is 0.533. The van der Waals surface area contributed by atoms with Gasteiger partial charge in [0.05, 0.1) is 12.6 Å². The number of hydrogen-bond acceptors (Lipinski definition) is 2. The van der Waals surface area contributed by atoms with Crippen LogP contribution >= 0.6 is 0 Å². The van der Waals surface area contributed by atoms with E-state index < -0.39 is 0 Å². The number of rotatable bonds is 2. The van der Waals surface area contributed by atoms with Gasteiger partial charge < -0.3 is 15.8 Å². The lowest BCUT2D eigenvalue weighted by Crippen LogP contribution is -2.39. The number of aliphatic imine (C=N–C) groups is 1. The zero-order valence-electron chi connectivity index (χ0n) is 11.1. The van der Waals surface area contributed by atoms with Crippen molar-refractivity contribution in [2.24, 2.45) is 10.7 Å². The average Bonchev–Trinajstić information content (AvgIpc) is 2.92. The van der Waals surface area contributed by atoms with Crippen molar-refractivity contribution in [1.29, 1.82) is 0 Å². The maximum absolute atomic E-state index is 6.04. The van der Waals surface area contributed by atoms with Gasteiger partial charge >= 0.3 is 0 Å². The van der Waals surface area contributed by atoms with E-state index in [1.807, 2.05) is 18.2 Å². The molecule has 4 heteroatoms. The molecule has 3 rings (SSSR count). The Hall–Kier alpha value is -1.71. The molecule has 1 aromatic carbocycles. The predicted molar refractivity (Wildman–Crippen MR) is 76.3 cm³/mol. The van der Waals surface area contributed by atoms with Crippen LogP contribution in [0.3, 0.4) is 0 Å². The van der Waals surface area contributed by atoms with Crippen LogP contribution in [-0.4, -0.2) is 18.6 Å². The second-order valence-electron chi connectivity index (χ2n) is 5.33. The highest BCUT2D eigenvalue weighted by molar-refractivity contribution is 5.78. The molecule has 0 radical (unpaired) electrons. The van der Waals surface area contributed by atoms with Gasteiger partial charge in [-0.2, -0.15) is 0 Å². The van der Waals surface area contributed by atoms with Gasteiger partial charge in [0.15, 0.2) is 5.96 Å². The molecule has 2 aliphatic rings. The highest BCUT2D eigenvalue weighted by atomic mass is 16.5. The monoisotopic (exact) mass is 259 g/mol. The van der Waals surface area contributed by atoms with Gasteiger partial charge in [0.1, 0.15) is 5.75 Å². The smallest absolute Gasteiger partial charge is 0.189 e. The summed E-state index contributed by atoms with van der Waals surface area (Å²) in [6.07, 6.45) is 5.90. The van der Waals surface area contributed by atoms with Gasteiger partial charge in [-0.05, 0) is 18.9 Å². The molecular weight excluding hydrogens is 238 g/mol. The van der Waals surface area contributed by atoms with Gasteiger partial charge in [-0.3, -0.25) is 0 Å². The van der Waals surface area contributed by atoms with Crippen molar-refractivity contribution in [2.75, 3.05) is 6.61 Å². The summed E-state index contributed by atoms with van der Waals surface area (Å²) in [5.41, 5.74) is 7.18. The Kier molecular flexibility index (Phi) is 3.58. The molecule has 1 aromatic rings. The first-order valence-corrected chi connectivity index (χ1v) is 7.14. The summed E-state index contributed by atoms with van der Waals surface area (Å²) in [6.45, 7) is 0.710. The number of nitrogens with two attached hydrogens (primary N) is 1. The Morgan fingerprint density at radius 3 is 2.84 bits per heavy atom. The van der Waals surface area contributed by atoms with Crippen molar-refractivity contribution in [2.45, 2.75) is 44.2 Å². The van der Waals surface area contributed by atoms with Gasteiger partial charge in [0.2, 0.25) is 0 Å². The van der Waals surface area contributed by atoms with Crippen LogP contribution in [0.15, 0.2) is 29.3 Å². The molecule has 1 atom stereocenters. The molecule has 1 unspecified atom stereocenters. The standard InChI is InChI=1S/C15H21N3O/c16-15(17-11-5-1-2-6-11)18-13-9-10-19-14-8-4-3-7-12(13)14/h3-4,7-8,11,13H,1-2,5-6,9-10H2,(H3,16,17,18). The summed E-state index contributed by atoms with van der Waals surface area (Å²) < 4.78 is 5.64. The first kappa shape index (κ1) is 12.3. The van der Waals surface area contributed by atoms with E-state index in [0.717, 1.165) is 17.7 Å². The topological polar surface area (TPSA) is 59.6 Å². The molecule has 19 heavy (non-hydrogen) atoms. The zero-order valence-corrected chi connectivity index (χ0v) is 11.1. The number of para-hydroxylation sites is 1. The van der Waals surface area contributed by atoms with E-state index in [0.29, 0.717) is 18.6 Å². The van der Waals surface area contributed by atoms with E-state index in [1.165, 1.54) is 25.7 Å².